The maximum absolute atomic E-state index is 10.9. The van der Waals surface area contributed by atoms with Crippen molar-refractivity contribution in [3.63, 3.8) is 0 Å². The predicted octanol–water partition coefficient (Wildman–Crippen LogP) is 1.83. The fraction of sp³-hybridized carbons (Fsp3) is 0.250. The Balaban J connectivity index is 3.04. The van der Waals surface area contributed by atoms with Crippen molar-refractivity contribution in [1.82, 2.24) is 0 Å². The van der Waals surface area contributed by atoms with E-state index < -0.39 is 10.0 Å². The molecule has 1 rings (SSSR count). The molecule has 0 fully saturated rings. The van der Waals surface area contributed by atoms with Crippen LogP contribution in [0.15, 0.2) is 22.7 Å². The number of sulfonamides is 1. The van der Waals surface area contributed by atoms with Crippen molar-refractivity contribution < 1.29 is 13.2 Å². The Bertz CT molecular complexity index is 430. The van der Waals surface area contributed by atoms with E-state index in [4.69, 9.17) is 4.74 Å². The minimum Gasteiger partial charge on any atom is -0.497 e. The highest BCUT2D eigenvalue weighted by molar-refractivity contribution is 9.10. The largest absolute Gasteiger partial charge is 0.497 e. The lowest BCUT2D eigenvalue weighted by Gasteiger charge is -2.06. The van der Waals surface area contributed by atoms with Crippen LogP contribution in [0.4, 0.5) is 5.69 Å². The Morgan fingerprint density at radius 3 is 2.50 bits per heavy atom. The fourth-order valence-electron chi connectivity index (χ4n) is 0.954. The molecule has 0 bridgehead atoms. The molecule has 0 saturated heterocycles. The second-order valence-electron chi connectivity index (χ2n) is 2.75. The summed E-state index contributed by atoms with van der Waals surface area (Å²) in [5, 5.41) is 0. The van der Waals surface area contributed by atoms with E-state index in [1.165, 1.54) is 7.11 Å². The number of rotatable bonds is 3. The van der Waals surface area contributed by atoms with Gasteiger partial charge in [-0.05, 0) is 12.1 Å². The monoisotopic (exact) mass is 279 g/mol. The van der Waals surface area contributed by atoms with Crippen LogP contribution in [0.25, 0.3) is 0 Å². The van der Waals surface area contributed by atoms with Crippen molar-refractivity contribution in [3.8, 4) is 5.75 Å². The third-order valence-corrected chi connectivity index (χ3v) is 2.47. The van der Waals surface area contributed by atoms with Gasteiger partial charge in [0.15, 0.2) is 0 Å². The summed E-state index contributed by atoms with van der Waals surface area (Å²) in [4.78, 5) is 0. The summed E-state index contributed by atoms with van der Waals surface area (Å²) >= 11 is 3.25. The first-order chi connectivity index (χ1) is 6.40. The van der Waals surface area contributed by atoms with Crippen LogP contribution in [0.5, 0.6) is 5.75 Å². The number of halogens is 1. The molecule has 0 spiro atoms. The van der Waals surface area contributed by atoms with E-state index in [0.717, 1.165) is 10.7 Å². The second kappa shape index (κ2) is 4.18. The van der Waals surface area contributed by atoms with Crippen molar-refractivity contribution in [3.05, 3.63) is 22.7 Å². The minimum atomic E-state index is -3.25. The molecular weight excluding hydrogens is 270 g/mol. The number of ether oxygens (including phenoxy) is 1. The Morgan fingerprint density at radius 1 is 1.36 bits per heavy atom. The summed E-state index contributed by atoms with van der Waals surface area (Å²) in [6.45, 7) is 0. The van der Waals surface area contributed by atoms with E-state index in [9.17, 15) is 8.42 Å². The second-order valence-corrected chi connectivity index (χ2v) is 5.42. The van der Waals surface area contributed by atoms with Crippen LogP contribution in [0.1, 0.15) is 0 Å². The van der Waals surface area contributed by atoms with Crippen LogP contribution >= 0.6 is 15.9 Å². The number of hydrogen-bond donors (Lipinski definition) is 1. The average Bonchev–Trinajstić information content (AvgIpc) is 1.99. The van der Waals surface area contributed by atoms with E-state index in [0.29, 0.717) is 11.4 Å². The van der Waals surface area contributed by atoms with Gasteiger partial charge in [0, 0.05) is 10.5 Å². The average molecular weight is 280 g/mol. The van der Waals surface area contributed by atoms with Gasteiger partial charge in [-0.3, -0.25) is 4.72 Å². The highest BCUT2D eigenvalue weighted by Gasteiger charge is 2.04. The van der Waals surface area contributed by atoms with Crippen molar-refractivity contribution in [2.45, 2.75) is 0 Å². The van der Waals surface area contributed by atoms with Crippen LogP contribution in [0, 0.1) is 0 Å². The van der Waals surface area contributed by atoms with E-state index in [2.05, 4.69) is 20.7 Å². The van der Waals surface area contributed by atoms with Crippen LogP contribution in [-0.2, 0) is 10.0 Å². The first-order valence-corrected chi connectivity index (χ1v) is 6.41. The van der Waals surface area contributed by atoms with Crippen LogP contribution in [0.3, 0.4) is 0 Å². The summed E-state index contributed by atoms with van der Waals surface area (Å²) in [5.41, 5.74) is 0.471. The summed E-state index contributed by atoms with van der Waals surface area (Å²) in [7, 11) is -1.73. The molecular formula is C8H10BrNO3S. The number of hydrogen-bond acceptors (Lipinski definition) is 3. The molecule has 0 unspecified atom stereocenters. The Labute approximate surface area is 91.5 Å². The fourth-order valence-corrected chi connectivity index (χ4v) is 1.97. The van der Waals surface area contributed by atoms with Crippen LogP contribution in [0.2, 0.25) is 0 Å². The van der Waals surface area contributed by atoms with E-state index >= 15 is 0 Å². The zero-order valence-corrected chi connectivity index (χ0v) is 10.1. The molecule has 0 radical (unpaired) electrons. The molecule has 0 aliphatic rings. The molecule has 4 nitrogen and oxygen atoms in total. The van der Waals surface area contributed by atoms with E-state index in [-0.39, 0.29) is 0 Å². The SMILES string of the molecule is COc1cc(Br)cc(NS(C)(=O)=O)c1. The van der Waals surface area contributed by atoms with Crippen molar-refractivity contribution in [2.24, 2.45) is 0 Å². The van der Waals surface area contributed by atoms with Gasteiger partial charge < -0.3 is 4.74 Å². The first-order valence-electron chi connectivity index (χ1n) is 3.73. The lowest BCUT2D eigenvalue weighted by Crippen LogP contribution is -2.09. The quantitative estimate of drug-likeness (QED) is 0.919. The van der Waals surface area contributed by atoms with E-state index in [1.807, 2.05) is 0 Å². The first kappa shape index (κ1) is 11.3. The van der Waals surface area contributed by atoms with Gasteiger partial charge in [-0.1, -0.05) is 15.9 Å². The molecule has 1 aromatic carbocycles. The summed E-state index contributed by atoms with van der Waals surface area (Å²) in [5.74, 6) is 0.588. The van der Waals surface area contributed by atoms with Gasteiger partial charge in [0.1, 0.15) is 5.75 Å². The van der Waals surface area contributed by atoms with Crippen LogP contribution in [-0.4, -0.2) is 21.8 Å². The van der Waals surface area contributed by atoms with Gasteiger partial charge in [-0.25, -0.2) is 8.42 Å². The summed E-state index contributed by atoms with van der Waals surface area (Å²) < 4.78 is 30.0. The van der Waals surface area contributed by atoms with Gasteiger partial charge in [-0.2, -0.15) is 0 Å². The maximum atomic E-state index is 10.9. The maximum Gasteiger partial charge on any atom is 0.229 e. The molecule has 0 amide bonds. The molecule has 1 N–H and O–H groups in total. The molecule has 0 aliphatic heterocycles. The molecule has 14 heavy (non-hydrogen) atoms. The molecule has 78 valence electrons. The van der Waals surface area contributed by atoms with Gasteiger partial charge >= 0.3 is 0 Å². The van der Waals surface area contributed by atoms with Crippen molar-refractivity contribution in [1.29, 1.82) is 0 Å². The number of methoxy groups -OCH3 is 1. The molecule has 0 heterocycles. The zero-order valence-electron chi connectivity index (χ0n) is 7.74. The minimum absolute atomic E-state index is 0.471. The van der Waals surface area contributed by atoms with Crippen molar-refractivity contribution >= 4 is 31.6 Å². The Kier molecular flexibility index (Phi) is 3.38. The number of anilines is 1. The van der Waals surface area contributed by atoms with Crippen LogP contribution < -0.4 is 9.46 Å². The molecule has 0 aliphatic carbocycles. The highest BCUT2D eigenvalue weighted by Crippen LogP contribution is 2.24. The molecule has 1 aromatic rings. The van der Waals surface area contributed by atoms with Gasteiger partial charge in [0.05, 0.1) is 19.1 Å². The lowest BCUT2D eigenvalue weighted by molar-refractivity contribution is 0.415. The van der Waals surface area contributed by atoms with Gasteiger partial charge in [-0.15, -0.1) is 0 Å². The Morgan fingerprint density at radius 2 is 2.00 bits per heavy atom. The topological polar surface area (TPSA) is 55.4 Å². The molecule has 0 saturated carbocycles. The third kappa shape index (κ3) is 3.55. The molecule has 0 aromatic heterocycles. The standard InChI is InChI=1S/C8H10BrNO3S/c1-13-8-4-6(9)3-7(5-8)10-14(2,11)12/h3-5,10H,1-2H3. The smallest absolute Gasteiger partial charge is 0.229 e. The summed E-state index contributed by atoms with van der Waals surface area (Å²) in [6, 6.07) is 5.00. The lowest BCUT2D eigenvalue weighted by atomic mass is 10.3. The molecule has 0 atom stereocenters. The normalized spacial score (nSPS) is 11.1. The predicted molar refractivity (Wildman–Crippen MR) is 59.2 cm³/mol. The number of nitrogens with one attached hydrogen (secondary N) is 1. The Hall–Kier alpha value is -0.750. The van der Waals surface area contributed by atoms with Crippen molar-refractivity contribution in [2.75, 3.05) is 18.1 Å². The summed E-state index contributed by atoms with van der Waals surface area (Å²) in [6.07, 6.45) is 1.10. The number of benzene rings is 1. The third-order valence-electron chi connectivity index (χ3n) is 1.41. The van der Waals surface area contributed by atoms with Gasteiger partial charge in [0.2, 0.25) is 10.0 Å². The zero-order chi connectivity index (χ0) is 10.8. The highest BCUT2D eigenvalue weighted by atomic mass is 79.9. The van der Waals surface area contributed by atoms with Gasteiger partial charge in [0.25, 0.3) is 0 Å². The molecule has 6 heteroatoms. The van der Waals surface area contributed by atoms with E-state index in [1.54, 1.807) is 18.2 Å².